The van der Waals surface area contributed by atoms with E-state index in [4.69, 9.17) is 10.5 Å². The van der Waals surface area contributed by atoms with Crippen molar-refractivity contribution in [2.75, 3.05) is 49.9 Å². The Kier molecular flexibility index (Phi) is 5.79. The average molecular weight is 433 g/mol. The molecular weight excluding hydrogens is 404 g/mol. The highest BCUT2D eigenvalue weighted by Crippen LogP contribution is 2.33. The van der Waals surface area contributed by atoms with Crippen molar-refractivity contribution in [2.45, 2.75) is 12.6 Å². The molecular formula is C24H28N6O2. The standard InChI is InChI=1S/C24H28N6O2/c25-24-22(13-21(27-28-24)20-3-1-2-4-23(20)31)30-15-19(16-30)32-18-7-5-17(6-8-18)14-29-11-9-26-10-12-29/h1-8,13,19,26,31H,9-12,14-16H2,(H2,25,28). The number of anilines is 2. The van der Waals surface area contributed by atoms with Crippen LogP contribution in [0.25, 0.3) is 11.3 Å². The number of aromatic nitrogens is 2. The summed E-state index contributed by atoms with van der Waals surface area (Å²) in [5, 5.41) is 21.7. The molecule has 0 aliphatic carbocycles. The SMILES string of the molecule is Nc1nnc(-c2ccccc2O)cc1N1CC(Oc2ccc(CN3CCNCC3)cc2)C1. The molecule has 0 bridgehead atoms. The van der Waals surface area contributed by atoms with Gasteiger partial charge in [0.25, 0.3) is 0 Å². The van der Waals surface area contributed by atoms with Crippen molar-refractivity contribution in [3.05, 3.63) is 60.2 Å². The number of aromatic hydroxyl groups is 1. The Morgan fingerprint density at radius 3 is 2.53 bits per heavy atom. The molecule has 166 valence electrons. The fourth-order valence-electron chi connectivity index (χ4n) is 4.17. The van der Waals surface area contributed by atoms with Crippen LogP contribution < -0.4 is 20.7 Å². The topological polar surface area (TPSA) is 99.8 Å². The van der Waals surface area contributed by atoms with E-state index in [9.17, 15) is 5.11 Å². The summed E-state index contributed by atoms with van der Waals surface area (Å²) in [7, 11) is 0. The van der Waals surface area contributed by atoms with Crippen LogP contribution in [0.15, 0.2) is 54.6 Å². The molecule has 0 radical (unpaired) electrons. The van der Waals surface area contributed by atoms with Crippen molar-refractivity contribution >= 4 is 11.5 Å². The van der Waals surface area contributed by atoms with Crippen LogP contribution in [0.5, 0.6) is 11.5 Å². The number of nitrogens with two attached hydrogens (primary N) is 1. The third kappa shape index (κ3) is 4.46. The number of phenolic OH excluding ortho intramolecular Hbond substituents is 1. The number of para-hydroxylation sites is 1. The molecule has 8 nitrogen and oxygen atoms in total. The maximum Gasteiger partial charge on any atom is 0.169 e. The van der Waals surface area contributed by atoms with Gasteiger partial charge in [0.2, 0.25) is 0 Å². The Morgan fingerprint density at radius 1 is 1.03 bits per heavy atom. The van der Waals surface area contributed by atoms with E-state index >= 15 is 0 Å². The third-order valence-corrected chi connectivity index (χ3v) is 6.01. The number of benzene rings is 2. The second kappa shape index (κ2) is 9.02. The fraction of sp³-hybridized carbons (Fsp3) is 0.333. The van der Waals surface area contributed by atoms with Crippen molar-refractivity contribution in [2.24, 2.45) is 0 Å². The van der Waals surface area contributed by atoms with E-state index in [1.165, 1.54) is 5.56 Å². The van der Waals surface area contributed by atoms with Gasteiger partial charge in [-0.05, 0) is 35.9 Å². The summed E-state index contributed by atoms with van der Waals surface area (Å²) in [6, 6.07) is 17.4. The van der Waals surface area contributed by atoms with Crippen LogP contribution in [0.3, 0.4) is 0 Å². The first-order valence-corrected chi connectivity index (χ1v) is 11.0. The predicted octanol–water partition coefficient (Wildman–Crippen LogP) is 2.10. The molecule has 2 fully saturated rings. The van der Waals surface area contributed by atoms with Gasteiger partial charge in [-0.1, -0.05) is 24.3 Å². The first-order valence-electron chi connectivity index (χ1n) is 11.0. The van der Waals surface area contributed by atoms with Crippen LogP contribution in [0.2, 0.25) is 0 Å². The number of rotatable bonds is 6. The average Bonchev–Trinajstić information content (AvgIpc) is 2.79. The lowest BCUT2D eigenvalue weighted by Crippen LogP contribution is -2.54. The van der Waals surface area contributed by atoms with Gasteiger partial charge in [0, 0.05) is 38.3 Å². The Morgan fingerprint density at radius 2 is 1.78 bits per heavy atom. The number of nitrogen functional groups attached to an aromatic ring is 1. The van der Waals surface area contributed by atoms with Gasteiger partial charge in [0.1, 0.15) is 17.6 Å². The minimum absolute atomic E-state index is 0.0927. The number of hydrogen-bond acceptors (Lipinski definition) is 8. The minimum Gasteiger partial charge on any atom is -0.507 e. The molecule has 8 heteroatoms. The number of piperazine rings is 1. The lowest BCUT2D eigenvalue weighted by molar-refractivity contribution is 0.167. The maximum absolute atomic E-state index is 10.1. The van der Waals surface area contributed by atoms with Gasteiger partial charge in [-0.25, -0.2) is 0 Å². The quantitative estimate of drug-likeness (QED) is 0.545. The van der Waals surface area contributed by atoms with E-state index in [1.54, 1.807) is 12.1 Å². The maximum atomic E-state index is 10.1. The highest BCUT2D eigenvalue weighted by Gasteiger charge is 2.31. The number of ether oxygens (including phenoxy) is 1. The molecule has 0 unspecified atom stereocenters. The molecule has 0 saturated carbocycles. The van der Waals surface area contributed by atoms with Crippen LogP contribution in [0.4, 0.5) is 11.5 Å². The summed E-state index contributed by atoms with van der Waals surface area (Å²) in [5.74, 6) is 1.43. The van der Waals surface area contributed by atoms with Crippen molar-refractivity contribution < 1.29 is 9.84 Å². The van der Waals surface area contributed by atoms with Crippen molar-refractivity contribution in [1.82, 2.24) is 20.4 Å². The Bertz CT molecular complexity index is 1060. The van der Waals surface area contributed by atoms with Crippen molar-refractivity contribution in [3.63, 3.8) is 0 Å². The van der Waals surface area contributed by atoms with E-state index in [2.05, 4.69) is 49.6 Å². The van der Waals surface area contributed by atoms with Gasteiger partial charge in [0.15, 0.2) is 5.82 Å². The summed E-state index contributed by atoms with van der Waals surface area (Å²) in [5.41, 5.74) is 9.43. The highest BCUT2D eigenvalue weighted by molar-refractivity contribution is 5.74. The number of nitrogens with one attached hydrogen (secondary N) is 1. The largest absolute Gasteiger partial charge is 0.507 e. The van der Waals surface area contributed by atoms with E-state index in [-0.39, 0.29) is 11.9 Å². The van der Waals surface area contributed by atoms with Gasteiger partial charge in [0.05, 0.1) is 24.5 Å². The summed E-state index contributed by atoms with van der Waals surface area (Å²) >= 11 is 0. The van der Waals surface area contributed by atoms with Crippen LogP contribution in [0, 0.1) is 0 Å². The van der Waals surface area contributed by atoms with Gasteiger partial charge >= 0.3 is 0 Å². The summed E-state index contributed by atoms with van der Waals surface area (Å²) in [4.78, 5) is 4.59. The van der Waals surface area contributed by atoms with Crippen LogP contribution >= 0.6 is 0 Å². The fourth-order valence-corrected chi connectivity index (χ4v) is 4.17. The first kappa shape index (κ1) is 20.5. The van der Waals surface area contributed by atoms with Crippen molar-refractivity contribution in [3.8, 4) is 22.8 Å². The lowest BCUT2D eigenvalue weighted by atomic mass is 10.1. The molecule has 2 aliphatic heterocycles. The zero-order valence-corrected chi connectivity index (χ0v) is 17.9. The van der Waals surface area contributed by atoms with Gasteiger partial charge in [-0.15, -0.1) is 10.2 Å². The molecule has 0 amide bonds. The normalized spacial score (nSPS) is 17.2. The van der Waals surface area contributed by atoms with Gasteiger partial charge in [-0.3, -0.25) is 4.90 Å². The zero-order valence-electron chi connectivity index (χ0n) is 17.9. The van der Waals surface area contributed by atoms with E-state index in [0.717, 1.165) is 57.3 Å². The zero-order chi connectivity index (χ0) is 21.9. The Labute approximate surface area is 187 Å². The minimum atomic E-state index is 0.0927. The number of phenols is 1. The van der Waals surface area contributed by atoms with E-state index in [1.807, 2.05) is 18.2 Å². The Balaban J connectivity index is 1.18. The molecule has 4 N–H and O–H groups in total. The molecule has 2 aromatic carbocycles. The number of nitrogens with zero attached hydrogens (tertiary/aromatic N) is 4. The van der Waals surface area contributed by atoms with E-state index in [0.29, 0.717) is 17.1 Å². The van der Waals surface area contributed by atoms with Gasteiger partial charge in [-0.2, -0.15) is 0 Å². The second-order valence-electron chi connectivity index (χ2n) is 8.33. The van der Waals surface area contributed by atoms with Gasteiger partial charge < -0.3 is 25.8 Å². The van der Waals surface area contributed by atoms with Crippen LogP contribution in [0.1, 0.15) is 5.56 Å². The molecule has 2 aliphatic rings. The summed E-state index contributed by atoms with van der Waals surface area (Å²) in [6.07, 6.45) is 0.0927. The second-order valence-corrected chi connectivity index (χ2v) is 8.33. The number of hydrogen-bond donors (Lipinski definition) is 3. The molecule has 3 aromatic rings. The molecule has 2 saturated heterocycles. The molecule has 32 heavy (non-hydrogen) atoms. The smallest absolute Gasteiger partial charge is 0.169 e. The molecule has 0 atom stereocenters. The molecule has 0 spiro atoms. The van der Waals surface area contributed by atoms with Crippen molar-refractivity contribution in [1.29, 1.82) is 0 Å². The lowest BCUT2D eigenvalue weighted by Gasteiger charge is -2.40. The summed E-state index contributed by atoms with van der Waals surface area (Å²) < 4.78 is 6.14. The van der Waals surface area contributed by atoms with Crippen LogP contribution in [-0.4, -0.2) is 65.6 Å². The van der Waals surface area contributed by atoms with E-state index < -0.39 is 0 Å². The predicted molar refractivity (Wildman–Crippen MR) is 125 cm³/mol. The molecule has 5 rings (SSSR count). The monoisotopic (exact) mass is 432 g/mol. The highest BCUT2D eigenvalue weighted by atomic mass is 16.5. The third-order valence-electron chi connectivity index (χ3n) is 6.01. The Hall–Kier alpha value is -3.36. The van der Waals surface area contributed by atoms with Crippen LogP contribution in [-0.2, 0) is 6.54 Å². The first-order chi connectivity index (χ1) is 15.7. The molecule has 1 aromatic heterocycles. The summed E-state index contributed by atoms with van der Waals surface area (Å²) in [6.45, 7) is 6.73. The molecule has 3 heterocycles.